The van der Waals surface area contributed by atoms with Crippen LogP contribution < -0.4 is 0 Å². The molecule has 1 atom stereocenters. The Bertz CT molecular complexity index is 124. The van der Waals surface area contributed by atoms with E-state index < -0.39 is 0 Å². The molecule has 64 valence electrons. The van der Waals surface area contributed by atoms with Crippen LogP contribution in [0.15, 0.2) is 12.7 Å². The maximum atomic E-state index is 11.0. The highest BCUT2D eigenvalue weighted by molar-refractivity contribution is 5.92. The van der Waals surface area contributed by atoms with Gasteiger partial charge in [0.25, 0.3) is 0 Å². The minimum Gasteiger partial charge on any atom is -0.370 e. The van der Waals surface area contributed by atoms with Crippen LogP contribution in [0, 0.1) is 0 Å². The van der Waals surface area contributed by atoms with Gasteiger partial charge < -0.3 is 4.74 Å². The molecule has 0 aromatic rings. The summed E-state index contributed by atoms with van der Waals surface area (Å²) in [6.45, 7) is 7.92. The van der Waals surface area contributed by atoms with E-state index in [2.05, 4.69) is 6.58 Å². The van der Waals surface area contributed by atoms with E-state index in [1.807, 2.05) is 13.8 Å². The monoisotopic (exact) mass is 156 g/mol. The van der Waals surface area contributed by atoms with E-state index >= 15 is 0 Å². The summed E-state index contributed by atoms with van der Waals surface area (Å²) >= 11 is 0. The Hall–Kier alpha value is -0.630. The first-order valence-electron chi connectivity index (χ1n) is 4.04. The lowest BCUT2D eigenvalue weighted by Crippen LogP contribution is -2.22. The molecule has 1 unspecified atom stereocenters. The van der Waals surface area contributed by atoms with E-state index in [1.54, 1.807) is 0 Å². The smallest absolute Gasteiger partial charge is 0.183 e. The molecule has 0 aliphatic heterocycles. The summed E-state index contributed by atoms with van der Waals surface area (Å²) in [7, 11) is 0. The SMILES string of the molecule is C=CC(=O)C(CCC)OCC. The van der Waals surface area contributed by atoms with E-state index in [9.17, 15) is 4.79 Å². The van der Waals surface area contributed by atoms with Crippen LogP contribution in [0.1, 0.15) is 26.7 Å². The minimum absolute atomic E-state index is 0.00583. The van der Waals surface area contributed by atoms with Gasteiger partial charge in [0, 0.05) is 6.61 Å². The highest BCUT2D eigenvalue weighted by atomic mass is 16.5. The molecule has 0 aliphatic carbocycles. The fourth-order valence-electron chi connectivity index (χ4n) is 0.903. The second-order valence-electron chi connectivity index (χ2n) is 2.34. The van der Waals surface area contributed by atoms with Gasteiger partial charge in [0.2, 0.25) is 0 Å². The van der Waals surface area contributed by atoms with Crippen molar-refractivity contribution < 1.29 is 9.53 Å². The van der Waals surface area contributed by atoms with Crippen LogP contribution >= 0.6 is 0 Å². The number of carbonyl (C=O) groups excluding carboxylic acids is 1. The molecule has 0 saturated carbocycles. The lowest BCUT2D eigenvalue weighted by atomic mass is 10.1. The van der Waals surface area contributed by atoms with Gasteiger partial charge in [0.1, 0.15) is 6.10 Å². The Morgan fingerprint density at radius 1 is 1.64 bits per heavy atom. The predicted octanol–water partition coefficient (Wildman–Crippen LogP) is 1.95. The number of ether oxygens (including phenoxy) is 1. The van der Waals surface area contributed by atoms with Gasteiger partial charge >= 0.3 is 0 Å². The first-order valence-corrected chi connectivity index (χ1v) is 4.04. The van der Waals surface area contributed by atoms with Gasteiger partial charge in [-0.1, -0.05) is 19.9 Å². The normalized spacial score (nSPS) is 12.5. The summed E-state index contributed by atoms with van der Waals surface area (Å²) in [6.07, 6.45) is 2.82. The zero-order chi connectivity index (χ0) is 8.69. The number of ketones is 1. The van der Waals surface area contributed by atoms with Gasteiger partial charge in [-0.3, -0.25) is 4.79 Å². The first kappa shape index (κ1) is 10.4. The summed E-state index contributed by atoms with van der Waals surface area (Å²) in [5.74, 6) is -0.00583. The molecular weight excluding hydrogens is 140 g/mol. The van der Waals surface area contributed by atoms with Gasteiger partial charge in [0.15, 0.2) is 5.78 Å². The lowest BCUT2D eigenvalue weighted by molar-refractivity contribution is -0.125. The molecule has 0 aromatic heterocycles. The van der Waals surface area contributed by atoms with Crippen molar-refractivity contribution in [2.75, 3.05) is 6.61 Å². The molecule has 11 heavy (non-hydrogen) atoms. The molecular formula is C9H16O2. The Kier molecular flexibility index (Phi) is 5.75. The number of hydrogen-bond donors (Lipinski definition) is 0. The van der Waals surface area contributed by atoms with Crippen molar-refractivity contribution in [3.05, 3.63) is 12.7 Å². The highest BCUT2D eigenvalue weighted by Gasteiger charge is 2.13. The predicted molar refractivity (Wildman–Crippen MR) is 45.5 cm³/mol. The van der Waals surface area contributed by atoms with Crippen LogP contribution in [0.25, 0.3) is 0 Å². The molecule has 0 spiro atoms. The molecule has 0 bridgehead atoms. The largest absolute Gasteiger partial charge is 0.370 e. The molecule has 2 heteroatoms. The number of rotatable bonds is 6. The summed E-state index contributed by atoms with van der Waals surface area (Å²) in [5.41, 5.74) is 0. The summed E-state index contributed by atoms with van der Waals surface area (Å²) in [4.78, 5) is 11.0. The fourth-order valence-corrected chi connectivity index (χ4v) is 0.903. The molecule has 0 amide bonds. The molecule has 0 aromatic carbocycles. The van der Waals surface area contributed by atoms with E-state index in [1.165, 1.54) is 6.08 Å². The fraction of sp³-hybridized carbons (Fsp3) is 0.667. The maximum Gasteiger partial charge on any atom is 0.183 e. The Labute approximate surface area is 68.2 Å². The van der Waals surface area contributed by atoms with Crippen molar-refractivity contribution >= 4 is 5.78 Å². The molecule has 0 rings (SSSR count). The summed E-state index contributed by atoms with van der Waals surface area (Å²) in [6, 6.07) is 0. The molecule has 0 radical (unpaired) electrons. The second-order valence-corrected chi connectivity index (χ2v) is 2.34. The number of hydrogen-bond acceptors (Lipinski definition) is 2. The van der Waals surface area contributed by atoms with Crippen LogP contribution in [-0.2, 0) is 9.53 Å². The molecule has 0 fully saturated rings. The second kappa shape index (κ2) is 6.10. The van der Waals surface area contributed by atoms with Crippen molar-refractivity contribution in [2.45, 2.75) is 32.8 Å². The van der Waals surface area contributed by atoms with Crippen LogP contribution in [0.3, 0.4) is 0 Å². The maximum absolute atomic E-state index is 11.0. The zero-order valence-corrected chi connectivity index (χ0v) is 7.30. The van der Waals surface area contributed by atoms with Gasteiger partial charge in [0.05, 0.1) is 0 Å². The van der Waals surface area contributed by atoms with Gasteiger partial charge in [-0.2, -0.15) is 0 Å². The topological polar surface area (TPSA) is 26.3 Å². The van der Waals surface area contributed by atoms with E-state index in [0.29, 0.717) is 6.61 Å². The van der Waals surface area contributed by atoms with Gasteiger partial charge in [-0.25, -0.2) is 0 Å². The number of carbonyl (C=O) groups is 1. The van der Waals surface area contributed by atoms with E-state index in [0.717, 1.165) is 12.8 Å². The first-order chi connectivity index (χ1) is 5.26. The van der Waals surface area contributed by atoms with Crippen molar-refractivity contribution in [3.8, 4) is 0 Å². The Balaban J connectivity index is 3.86. The lowest BCUT2D eigenvalue weighted by Gasteiger charge is -2.11. The van der Waals surface area contributed by atoms with Crippen molar-refractivity contribution in [3.63, 3.8) is 0 Å². The standard InChI is InChI=1S/C9H16O2/c1-4-7-9(11-6-3)8(10)5-2/h5,9H,2,4,6-7H2,1,3H3. The molecule has 0 aliphatic rings. The third-order valence-electron chi connectivity index (χ3n) is 1.44. The zero-order valence-electron chi connectivity index (χ0n) is 7.30. The Morgan fingerprint density at radius 3 is 2.64 bits per heavy atom. The van der Waals surface area contributed by atoms with Crippen molar-refractivity contribution in [1.29, 1.82) is 0 Å². The average Bonchev–Trinajstić information content (AvgIpc) is 2.03. The van der Waals surface area contributed by atoms with Crippen molar-refractivity contribution in [1.82, 2.24) is 0 Å². The van der Waals surface area contributed by atoms with Crippen LogP contribution in [0.4, 0.5) is 0 Å². The molecule has 0 N–H and O–H groups in total. The van der Waals surface area contributed by atoms with Gasteiger partial charge in [-0.15, -0.1) is 0 Å². The van der Waals surface area contributed by atoms with Crippen LogP contribution in [0.2, 0.25) is 0 Å². The van der Waals surface area contributed by atoms with E-state index in [-0.39, 0.29) is 11.9 Å². The van der Waals surface area contributed by atoms with Crippen LogP contribution in [0.5, 0.6) is 0 Å². The summed E-state index contributed by atoms with van der Waals surface area (Å²) in [5, 5.41) is 0. The molecule has 0 saturated heterocycles. The van der Waals surface area contributed by atoms with Crippen LogP contribution in [-0.4, -0.2) is 18.5 Å². The van der Waals surface area contributed by atoms with E-state index in [4.69, 9.17) is 4.74 Å². The third-order valence-corrected chi connectivity index (χ3v) is 1.44. The highest BCUT2D eigenvalue weighted by Crippen LogP contribution is 2.03. The average molecular weight is 156 g/mol. The molecule has 0 heterocycles. The molecule has 2 nitrogen and oxygen atoms in total. The quantitative estimate of drug-likeness (QED) is 0.549. The Morgan fingerprint density at radius 2 is 2.27 bits per heavy atom. The minimum atomic E-state index is -0.262. The van der Waals surface area contributed by atoms with Gasteiger partial charge in [-0.05, 0) is 19.4 Å². The summed E-state index contributed by atoms with van der Waals surface area (Å²) < 4.78 is 5.21. The van der Waals surface area contributed by atoms with Crippen molar-refractivity contribution in [2.24, 2.45) is 0 Å². The third kappa shape index (κ3) is 3.94.